The summed E-state index contributed by atoms with van der Waals surface area (Å²) < 4.78 is 43.6. The van der Waals surface area contributed by atoms with Crippen LogP contribution in [0.4, 0.5) is 24.5 Å². The van der Waals surface area contributed by atoms with Gasteiger partial charge in [-0.15, -0.1) is 0 Å². The maximum Gasteiger partial charge on any atom is 0.250 e. The van der Waals surface area contributed by atoms with Gasteiger partial charge in [-0.2, -0.15) is 17.2 Å². The number of anilines is 2. The first-order valence-electron chi connectivity index (χ1n) is 7.71. The number of hydrogen-bond donors (Lipinski definition) is 3. The van der Waals surface area contributed by atoms with Crippen LogP contribution in [0, 0.1) is 21.0 Å². The molecule has 0 atom stereocenters. The molecule has 1 amide bonds. The third kappa shape index (κ3) is 5.74. The Balaban J connectivity index is 2.31. The molecule has 0 aliphatic heterocycles. The van der Waals surface area contributed by atoms with Gasteiger partial charge in [0.2, 0.25) is 0 Å². The van der Waals surface area contributed by atoms with Gasteiger partial charge in [-0.1, -0.05) is 0 Å². The van der Waals surface area contributed by atoms with E-state index in [9.17, 15) is 18.0 Å². The lowest BCUT2D eigenvalue weighted by molar-refractivity contribution is 0.0475. The van der Waals surface area contributed by atoms with Crippen LogP contribution >= 0.6 is 34.4 Å². The monoisotopic (exact) mass is 511 g/mol. The van der Waals surface area contributed by atoms with E-state index in [4.69, 9.17) is 10.6 Å². The fourth-order valence-electron chi connectivity index (χ4n) is 2.18. The molecule has 2 rings (SSSR count). The molecule has 146 valence electrons. The van der Waals surface area contributed by atoms with E-state index >= 15 is 0 Å². The van der Waals surface area contributed by atoms with Gasteiger partial charge in [-0.3, -0.25) is 4.79 Å². The van der Waals surface area contributed by atoms with Gasteiger partial charge in [-0.25, -0.2) is 13.2 Å². The van der Waals surface area contributed by atoms with Crippen LogP contribution in [0.15, 0.2) is 24.3 Å². The predicted molar refractivity (Wildman–Crippen MR) is 108 cm³/mol. The van der Waals surface area contributed by atoms with Crippen molar-refractivity contribution in [3.8, 4) is 0 Å². The van der Waals surface area contributed by atoms with Gasteiger partial charge in [-0.05, 0) is 53.1 Å². The highest BCUT2D eigenvalue weighted by Crippen LogP contribution is 2.30. The highest BCUT2D eigenvalue weighted by molar-refractivity contribution is 14.1. The molecule has 0 unspecified atom stereocenters. The van der Waals surface area contributed by atoms with Gasteiger partial charge in [0, 0.05) is 21.4 Å². The topological polar surface area (TPSA) is 76.4 Å². The zero-order chi connectivity index (χ0) is 20.0. The predicted octanol–water partition coefficient (Wildman–Crippen LogP) is 3.94. The summed E-state index contributed by atoms with van der Waals surface area (Å²) in [6, 6.07) is 5.26. The Bertz CT molecular complexity index is 840. The van der Waals surface area contributed by atoms with Crippen molar-refractivity contribution in [3.63, 3.8) is 0 Å². The van der Waals surface area contributed by atoms with Gasteiger partial charge in [0.05, 0.1) is 23.5 Å². The molecule has 4 N–H and O–H groups in total. The fourth-order valence-corrected chi connectivity index (χ4v) is 2.88. The lowest BCUT2D eigenvalue weighted by Crippen LogP contribution is -2.20. The zero-order valence-corrected chi connectivity index (χ0v) is 17.2. The number of benzene rings is 2. The first kappa shape index (κ1) is 21.8. The zero-order valence-electron chi connectivity index (χ0n) is 14.2. The standard InChI is InChI=1S/C17H17F3IN3O2S/c1-27-5-4-26-23-8-9-6-11(17(22)25)16(15(20)14(9)19)24-13-3-2-10(21)7-12(13)18/h2-3,6-7,23-24H,4-5,8H2,1H3,(H2,22,25). The third-order valence-corrected chi connectivity index (χ3v) is 4.74. The van der Waals surface area contributed by atoms with Crippen molar-refractivity contribution >= 4 is 51.6 Å². The van der Waals surface area contributed by atoms with Crippen molar-refractivity contribution in [1.82, 2.24) is 5.48 Å². The van der Waals surface area contributed by atoms with Crippen LogP contribution in [0.1, 0.15) is 15.9 Å². The molecule has 0 aliphatic rings. The van der Waals surface area contributed by atoms with E-state index in [0.29, 0.717) is 10.2 Å². The van der Waals surface area contributed by atoms with Crippen molar-refractivity contribution in [1.29, 1.82) is 0 Å². The number of hydroxylamine groups is 1. The molecule has 0 fully saturated rings. The smallest absolute Gasteiger partial charge is 0.250 e. The Kier molecular flexibility index (Phi) is 8.20. The largest absolute Gasteiger partial charge is 0.366 e. The van der Waals surface area contributed by atoms with Crippen molar-refractivity contribution in [2.24, 2.45) is 5.73 Å². The molecule has 0 aromatic heterocycles. The summed E-state index contributed by atoms with van der Waals surface area (Å²) in [5.74, 6) is -3.45. The molecule has 0 spiro atoms. The summed E-state index contributed by atoms with van der Waals surface area (Å²) in [7, 11) is 0. The fraction of sp³-hybridized carbons (Fsp3) is 0.235. The van der Waals surface area contributed by atoms with Gasteiger partial charge >= 0.3 is 0 Å². The first-order valence-corrected chi connectivity index (χ1v) is 10.2. The van der Waals surface area contributed by atoms with Crippen LogP contribution in [0.25, 0.3) is 0 Å². The van der Waals surface area contributed by atoms with Crippen molar-refractivity contribution < 1.29 is 22.8 Å². The van der Waals surface area contributed by atoms with Crippen LogP contribution in [-0.4, -0.2) is 24.5 Å². The minimum atomic E-state index is -1.33. The minimum Gasteiger partial charge on any atom is -0.366 e. The average molecular weight is 511 g/mol. The van der Waals surface area contributed by atoms with E-state index in [2.05, 4.69) is 10.8 Å². The molecule has 0 bridgehead atoms. The maximum atomic E-state index is 14.6. The van der Waals surface area contributed by atoms with Crippen molar-refractivity contribution in [3.05, 3.63) is 56.4 Å². The Labute approximate surface area is 172 Å². The summed E-state index contributed by atoms with van der Waals surface area (Å²) in [5.41, 5.74) is 6.73. The molecular weight excluding hydrogens is 494 g/mol. The summed E-state index contributed by atoms with van der Waals surface area (Å²) >= 11 is 3.48. The van der Waals surface area contributed by atoms with Crippen LogP contribution < -0.4 is 16.5 Å². The van der Waals surface area contributed by atoms with E-state index in [0.717, 1.165) is 11.8 Å². The van der Waals surface area contributed by atoms with Crippen molar-refractivity contribution in [2.45, 2.75) is 6.54 Å². The second kappa shape index (κ2) is 10.2. The molecule has 2 aromatic rings. The van der Waals surface area contributed by atoms with Gasteiger partial charge in [0.15, 0.2) is 11.6 Å². The third-order valence-electron chi connectivity index (χ3n) is 3.49. The number of rotatable bonds is 9. The normalized spacial score (nSPS) is 10.9. The van der Waals surface area contributed by atoms with E-state index < -0.39 is 29.0 Å². The summed E-state index contributed by atoms with van der Waals surface area (Å²) in [6.07, 6.45) is 1.90. The molecular formula is C17H17F3IN3O2S. The van der Waals surface area contributed by atoms with Crippen molar-refractivity contribution in [2.75, 3.05) is 23.9 Å². The molecule has 0 aliphatic carbocycles. The summed E-state index contributed by atoms with van der Waals surface area (Å²) in [4.78, 5) is 16.8. The SMILES string of the molecule is CSCCONCc1cc(C(N)=O)c(Nc2ccc(I)cc2F)c(F)c1F. The highest BCUT2D eigenvalue weighted by Gasteiger charge is 2.22. The lowest BCUT2D eigenvalue weighted by atomic mass is 10.1. The number of carbonyl (C=O) groups excluding carboxylic acids is 1. The Morgan fingerprint density at radius 2 is 2.00 bits per heavy atom. The number of hydrogen-bond acceptors (Lipinski definition) is 5. The first-order chi connectivity index (χ1) is 12.8. The summed E-state index contributed by atoms with van der Waals surface area (Å²) in [6.45, 7) is 0.204. The van der Waals surface area contributed by atoms with E-state index in [1.54, 1.807) is 17.8 Å². The Morgan fingerprint density at radius 1 is 1.26 bits per heavy atom. The van der Waals surface area contributed by atoms with Gasteiger partial charge in [0.25, 0.3) is 5.91 Å². The van der Waals surface area contributed by atoms with E-state index in [1.165, 1.54) is 12.1 Å². The number of nitrogens with one attached hydrogen (secondary N) is 2. The maximum absolute atomic E-state index is 14.6. The molecule has 0 radical (unpaired) electrons. The summed E-state index contributed by atoms with van der Waals surface area (Å²) in [5, 5.41) is 2.42. The quantitative estimate of drug-likeness (QED) is 0.270. The number of amides is 1. The van der Waals surface area contributed by atoms with Crippen LogP contribution in [0.2, 0.25) is 0 Å². The highest BCUT2D eigenvalue weighted by atomic mass is 127. The van der Waals surface area contributed by atoms with Crippen LogP contribution in [0.3, 0.4) is 0 Å². The van der Waals surface area contributed by atoms with E-state index in [1.807, 2.05) is 28.8 Å². The number of carbonyl (C=O) groups is 1. The second-order valence-electron chi connectivity index (χ2n) is 5.36. The number of nitrogens with two attached hydrogens (primary N) is 1. The Morgan fingerprint density at radius 3 is 2.63 bits per heavy atom. The molecule has 2 aromatic carbocycles. The number of halogens is 4. The molecule has 27 heavy (non-hydrogen) atoms. The van der Waals surface area contributed by atoms with E-state index in [-0.39, 0.29) is 23.4 Å². The molecule has 5 nitrogen and oxygen atoms in total. The Hall–Kier alpha value is -1.50. The van der Waals surface area contributed by atoms with Crippen LogP contribution in [-0.2, 0) is 11.4 Å². The van der Waals surface area contributed by atoms with Gasteiger partial charge < -0.3 is 15.9 Å². The molecule has 0 heterocycles. The average Bonchev–Trinajstić information content (AvgIpc) is 2.62. The number of primary amides is 1. The minimum absolute atomic E-state index is 0.109. The van der Waals surface area contributed by atoms with Crippen LogP contribution in [0.5, 0.6) is 0 Å². The second-order valence-corrected chi connectivity index (χ2v) is 7.59. The molecule has 0 saturated heterocycles. The molecule has 10 heteroatoms. The lowest BCUT2D eigenvalue weighted by Gasteiger charge is -2.15. The molecule has 0 saturated carbocycles. The van der Waals surface area contributed by atoms with Gasteiger partial charge in [0.1, 0.15) is 5.82 Å². The number of thioether (sulfide) groups is 1.